The molecule has 32 heavy (non-hydrogen) atoms. The summed E-state index contributed by atoms with van der Waals surface area (Å²) in [5.41, 5.74) is 2.70. The van der Waals surface area contributed by atoms with E-state index >= 15 is 0 Å². The van der Waals surface area contributed by atoms with Crippen molar-refractivity contribution in [1.82, 2.24) is 25.8 Å². The number of amides is 4. The summed E-state index contributed by atoms with van der Waals surface area (Å²) in [5.74, 6) is -1.95. The Morgan fingerprint density at radius 1 is 1.12 bits per heavy atom. The average molecular weight is 454 g/mol. The zero-order valence-corrected chi connectivity index (χ0v) is 18.2. The third kappa shape index (κ3) is 3.85. The van der Waals surface area contributed by atoms with E-state index in [9.17, 15) is 19.2 Å². The fraction of sp³-hybridized carbons (Fsp3) is 0.409. The maximum atomic E-state index is 12.9. The minimum atomic E-state index is -0.944. The molecule has 1 atom stereocenters. The summed E-state index contributed by atoms with van der Waals surface area (Å²) >= 11 is 1.76. The van der Waals surface area contributed by atoms with Crippen molar-refractivity contribution in [1.29, 1.82) is 0 Å². The molecule has 1 saturated heterocycles. The smallest absolute Gasteiger partial charge is 0.262 e. The van der Waals surface area contributed by atoms with Crippen molar-refractivity contribution in [2.75, 3.05) is 13.1 Å². The maximum absolute atomic E-state index is 12.9. The lowest BCUT2D eigenvalue weighted by molar-refractivity contribution is -0.136. The quantitative estimate of drug-likeness (QED) is 0.431. The molecule has 0 bridgehead atoms. The fourth-order valence-electron chi connectivity index (χ4n) is 4.34. The maximum Gasteiger partial charge on any atom is 0.262 e. The van der Waals surface area contributed by atoms with Gasteiger partial charge in [-0.1, -0.05) is 6.07 Å². The Bertz CT molecular complexity index is 1100. The van der Waals surface area contributed by atoms with Crippen LogP contribution in [0, 0.1) is 0 Å². The third-order valence-corrected chi connectivity index (χ3v) is 7.15. The number of imide groups is 2. The van der Waals surface area contributed by atoms with Crippen LogP contribution in [0.25, 0.3) is 0 Å². The Labute approximate surface area is 188 Å². The molecule has 1 unspecified atom stereocenters. The van der Waals surface area contributed by atoms with Crippen molar-refractivity contribution >= 4 is 35.0 Å². The van der Waals surface area contributed by atoms with Crippen LogP contribution in [-0.4, -0.2) is 52.6 Å². The van der Waals surface area contributed by atoms with E-state index < -0.39 is 23.8 Å². The van der Waals surface area contributed by atoms with E-state index in [4.69, 9.17) is 4.98 Å². The van der Waals surface area contributed by atoms with Crippen LogP contribution < -0.4 is 16.0 Å². The molecule has 5 rings (SSSR count). The summed E-state index contributed by atoms with van der Waals surface area (Å²) in [6, 6.07) is 4.22. The van der Waals surface area contributed by atoms with E-state index in [0.29, 0.717) is 17.7 Å². The highest BCUT2D eigenvalue weighted by atomic mass is 32.1. The second-order valence-electron chi connectivity index (χ2n) is 8.16. The van der Waals surface area contributed by atoms with Gasteiger partial charge < -0.3 is 10.6 Å². The summed E-state index contributed by atoms with van der Waals surface area (Å²) < 4.78 is 0. The van der Waals surface area contributed by atoms with Crippen molar-refractivity contribution in [3.05, 3.63) is 50.5 Å². The van der Waals surface area contributed by atoms with Crippen LogP contribution >= 0.6 is 11.3 Å². The van der Waals surface area contributed by atoms with Crippen molar-refractivity contribution in [2.45, 2.75) is 44.8 Å². The van der Waals surface area contributed by atoms with Gasteiger partial charge in [-0.2, -0.15) is 0 Å². The molecule has 1 aromatic carbocycles. The van der Waals surface area contributed by atoms with Gasteiger partial charge in [-0.25, -0.2) is 4.98 Å². The Balaban J connectivity index is 1.20. The molecule has 4 heterocycles. The third-order valence-electron chi connectivity index (χ3n) is 6.00. The van der Waals surface area contributed by atoms with E-state index in [1.165, 1.54) is 10.6 Å². The number of hydrogen-bond acceptors (Lipinski definition) is 8. The lowest BCUT2D eigenvalue weighted by Gasteiger charge is -2.27. The molecule has 0 saturated carbocycles. The van der Waals surface area contributed by atoms with E-state index in [1.54, 1.807) is 23.5 Å². The number of benzene rings is 1. The average Bonchev–Trinajstić information content (AvgIpc) is 3.30. The molecule has 3 N–H and O–H groups in total. The zero-order valence-electron chi connectivity index (χ0n) is 17.4. The first kappa shape index (κ1) is 20.9. The predicted molar refractivity (Wildman–Crippen MR) is 116 cm³/mol. The molecule has 0 radical (unpaired) electrons. The van der Waals surface area contributed by atoms with Gasteiger partial charge in [-0.3, -0.25) is 29.4 Å². The van der Waals surface area contributed by atoms with Crippen LogP contribution in [-0.2, 0) is 35.5 Å². The summed E-state index contributed by atoms with van der Waals surface area (Å²) in [6.07, 6.45) is 2.08. The molecule has 2 aromatic rings. The fourth-order valence-corrected chi connectivity index (χ4v) is 5.43. The monoisotopic (exact) mass is 453 g/mol. The van der Waals surface area contributed by atoms with Crippen LogP contribution in [0.15, 0.2) is 18.2 Å². The van der Waals surface area contributed by atoms with Crippen LogP contribution in [0.1, 0.15) is 54.7 Å². The molecular weight excluding hydrogens is 430 g/mol. The molecule has 166 valence electrons. The Morgan fingerprint density at radius 2 is 1.97 bits per heavy atom. The molecule has 3 aliphatic heterocycles. The van der Waals surface area contributed by atoms with Crippen molar-refractivity contribution in [2.24, 2.45) is 0 Å². The Morgan fingerprint density at radius 3 is 2.78 bits per heavy atom. The zero-order chi connectivity index (χ0) is 22.2. The van der Waals surface area contributed by atoms with E-state index in [2.05, 4.69) is 16.0 Å². The van der Waals surface area contributed by atoms with Gasteiger partial charge in [0, 0.05) is 50.3 Å². The summed E-state index contributed by atoms with van der Waals surface area (Å²) in [7, 11) is 0. The van der Waals surface area contributed by atoms with Gasteiger partial charge >= 0.3 is 0 Å². The number of hydrogen-bond donors (Lipinski definition) is 3. The number of aromatic nitrogens is 1. The molecule has 1 fully saturated rings. The van der Waals surface area contributed by atoms with E-state index in [1.807, 2.05) is 6.07 Å². The van der Waals surface area contributed by atoms with Crippen molar-refractivity contribution in [3.63, 3.8) is 0 Å². The molecule has 10 heteroatoms. The summed E-state index contributed by atoms with van der Waals surface area (Å²) in [6.45, 7) is 3.19. The lowest BCUT2D eigenvalue weighted by atomic mass is 10.0. The van der Waals surface area contributed by atoms with Gasteiger partial charge in [0.1, 0.15) is 6.04 Å². The molecular formula is C22H23N5O4S. The normalized spacial score (nSPS) is 20.4. The second kappa shape index (κ2) is 8.53. The van der Waals surface area contributed by atoms with Gasteiger partial charge in [0.2, 0.25) is 11.8 Å². The minimum absolute atomic E-state index is 0.109. The number of fused-ring (bicyclic) bond motifs is 2. The highest BCUT2D eigenvalue weighted by Crippen LogP contribution is 2.28. The van der Waals surface area contributed by atoms with E-state index in [0.717, 1.165) is 47.9 Å². The summed E-state index contributed by atoms with van der Waals surface area (Å²) in [5, 5.41) is 10.1. The number of piperidine rings is 1. The number of carbonyl (C=O) groups excluding carboxylic acids is 4. The van der Waals surface area contributed by atoms with Gasteiger partial charge in [-0.15, -0.1) is 11.3 Å². The molecule has 0 spiro atoms. The summed E-state index contributed by atoms with van der Waals surface area (Å²) in [4.78, 5) is 56.3. The van der Waals surface area contributed by atoms with Crippen LogP contribution in [0.5, 0.6) is 0 Å². The Hall–Kier alpha value is -2.95. The Kier molecular flexibility index (Phi) is 5.58. The topological polar surface area (TPSA) is 120 Å². The van der Waals surface area contributed by atoms with Crippen LogP contribution in [0.3, 0.4) is 0 Å². The SMILES string of the molecule is O=C1CCC(N2C(=O)c3ccc(CNCCc4nc5c(s4)CNCC5)cc3C2=O)C(=O)N1. The molecule has 4 amide bonds. The first-order chi connectivity index (χ1) is 15.5. The van der Waals surface area contributed by atoms with Gasteiger partial charge in [0.15, 0.2) is 0 Å². The number of nitrogens with zero attached hydrogens (tertiary/aromatic N) is 2. The molecule has 1 aromatic heterocycles. The molecule has 9 nitrogen and oxygen atoms in total. The lowest BCUT2D eigenvalue weighted by Crippen LogP contribution is -2.54. The molecule has 3 aliphatic rings. The van der Waals surface area contributed by atoms with Gasteiger partial charge in [0.25, 0.3) is 11.8 Å². The second-order valence-corrected chi connectivity index (χ2v) is 9.33. The minimum Gasteiger partial charge on any atom is -0.312 e. The number of carbonyl (C=O) groups is 4. The highest BCUT2D eigenvalue weighted by Gasteiger charge is 2.44. The van der Waals surface area contributed by atoms with Gasteiger partial charge in [0.05, 0.1) is 21.8 Å². The van der Waals surface area contributed by atoms with Crippen LogP contribution in [0.4, 0.5) is 0 Å². The predicted octanol–water partition coefficient (Wildman–Crippen LogP) is 0.522. The van der Waals surface area contributed by atoms with Crippen LogP contribution in [0.2, 0.25) is 0 Å². The standard InChI is InChI=1S/C22H23N5O4S/c28-18-4-3-16(20(29)26-18)27-21(30)13-2-1-12(9-14(13)22(27)31)10-23-8-6-19-25-15-5-7-24-11-17(15)32-19/h1-2,9,16,23-24H,3-8,10-11H2,(H,26,28,29). The first-order valence-corrected chi connectivity index (χ1v) is 11.6. The number of rotatable bonds is 6. The number of nitrogens with one attached hydrogen (secondary N) is 3. The molecule has 0 aliphatic carbocycles. The van der Waals surface area contributed by atoms with Crippen molar-refractivity contribution < 1.29 is 19.2 Å². The highest BCUT2D eigenvalue weighted by molar-refractivity contribution is 7.11. The largest absolute Gasteiger partial charge is 0.312 e. The van der Waals surface area contributed by atoms with Gasteiger partial charge in [-0.05, 0) is 24.1 Å². The van der Waals surface area contributed by atoms with E-state index in [-0.39, 0.29) is 18.7 Å². The first-order valence-electron chi connectivity index (χ1n) is 10.7. The van der Waals surface area contributed by atoms with Crippen molar-refractivity contribution in [3.8, 4) is 0 Å². The number of thiazole rings is 1.